The molecule has 1 aromatic carbocycles. The first-order valence-electron chi connectivity index (χ1n) is 3.89. The van der Waals surface area contributed by atoms with Crippen molar-refractivity contribution in [2.45, 2.75) is 6.61 Å². The van der Waals surface area contributed by atoms with Gasteiger partial charge in [0.25, 0.3) is 0 Å². The van der Waals surface area contributed by atoms with Gasteiger partial charge in [0.05, 0.1) is 0 Å². The summed E-state index contributed by atoms with van der Waals surface area (Å²) in [5.74, 6) is 0. The highest BCUT2D eigenvalue weighted by Crippen LogP contribution is 2.14. The summed E-state index contributed by atoms with van der Waals surface area (Å²) in [6.45, 7) is 0.574. The molecule has 0 saturated carbocycles. The monoisotopic (exact) mass is 192 g/mol. The Balaban J connectivity index is 1.94. The van der Waals surface area contributed by atoms with E-state index in [0.717, 1.165) is 10.6 Å². The van der Waals surface area contributed by atoms with E-state index in [-0.39, 0.29) is 0 Å². The average Bonchev–Trinajstić information content (AvgIpc) is 2.69. The average molecular weight is 192 g/mol. The molecule has 2 aromatic rings. The van der Waals surface area contributed by atoms with Crippen molar-refractivity contribution in [1.82, 2.24) is 9.59 Å². The summed E-state index contributed by atoms with van der Waals surface area (Å²) in [7, 11) is 0. The van der Waals surface area contributed by atoms with Crippen LogP contribution >= 0.6 is 11.5 Å². The zero-order valence-electron chi connectivity index (χ0n) is 6.88. The highest BCUT2D eigenvalue weighted by atomic mass is 32.1. The standard InChI is InChI=1S/C9H8N2OS/c1-2-4-8(5-3-1)7-12-9-6-10-11-13-9/h1-6H,7H2. The Hall–Kier alpha value is -1.42. The fraction of sp³-hybridized carbons (Fsp3) is 0.111. The van der Waals surface area contributed by atoms with E-state index in [0.29, 0.717) is 6.61 Å². The van der Waals surface area contributed by atoms with Crippen LogP contribution in [0.2, 0.25) is 0 Å². The second-order valence-electron chi connectivity index (χ2n) is 2.51. The van der Waals surface area contributed by atoms with Gasteiger partial charge in [0.2, 0.25) is 5.06 Å². The third-order valence-corrected chi connectivity index (χ3v) is 2.14. The molecule has 1 aromatic heterocycles. The van der Waals surface area contributed by atoms with Crippen LogP contribution in [0.4, 0.5) is 0 Å². The maximum atomic E-state index is 5.43. The summed E-state index contributed by atoms with van der Waals surface area (Å²) in [6.07, 6.45) is 1.62. The molecule has 2 rings (SSSR count). The van der Waals surface area contributed by atoms with Crippen molar-refractivity contribution in [3.05, 3.63) is 42.1 Å². The molecule has 4 heteroatoms. The van der Waals surface area contributed by atoms with E-state index in [1.54, 1.807) is 6.20 Å². The largest absolute Gasteiger partial charge is 0.477 e. The van der Waals surface area contributed by atoms with Crippen LogP contribution < -0.4 is 4.74 Å². The molecule has 0 spiro atoms. The SMILES string of the molecule is c1ccc(COc2cnns2)cc1. The Labute approximate surface area is 80.2 Å². The van der Waals surface area contributed by atoms with Crippen molar-refractivity contribution in [1.29, 1.82) is 0 Å². The minimum atomic E-state index is 0.574. The number of ether oxygens (including phenoxy) is 1. The zero-order valence-corrected chi connectivity index (χ0v) is 7.70. The van der Waals surface area contributed by atoms with Crippen molar-refractivity contribution in [3.63, 3.8) is 0 Å². The molecule has 0 amide bonds. The maximum absolute atomic E-state index is 5.43. The molecule has 13 heavy (non-hydrogen) atoms. The fourth-order valence-corrected chi connectivity index (χ4v) is 1.33. The van der Waals surface area contributed by atoms with Gasteiger partial charge in [-0.2, -0.15) is 0 Å². The highest BCUT2D eigenvalue weighted by molar-refractivity contribution is 7.07. The Bertz CT molecular complexity index is 347. The van der Waals surface area contributed by atoms with E-state index >= 15 is 0 Å². The molecular formula is C9H8N2OS. The van der Waals surface area contributed by atoms with E-state index in [1.807, 2.05) is 30.3 Å². The van der Waals surface area contributed by atoms with Crippen LogP contribution in [-0.2, 0) is 6.61 Å². The lowest BCUT2D eigenvalue weighted by atomic mass is 10.2. The molecule has 3 nitrogen and oxygen atoms in total. The fourth-order valence-electron chi connectivity index (χ4n) is 0.950. The lowest BCUT2D eigenvalue weighted by Gasteiger charge is -2.00. The molecule has 0 bridgehead atoms. The Morgan fingerprint density at radius 3 is 2.77 bits per heavy atom. The van der Waals surface area contributed by atoms with Crippen LogP contribution in [-0.4, -0.2) is 9.59 Å². The van der Waals surface area contributed by atoms with E-state index < -0.39 is 0 Å². The Morgan fingerprint density at radius 2 is 2.08 bits per heavy atom. The first-order chi connectivity index (χ1) is 6.45. The number of hydrogen-bond donors (Lipinski definition) is 0. The van der Waals surface area contributed by atoms with Crippen LogP contribution in [0.5, 0.6) is 5.06 Å². The van der Waals surface area contributed by atoms with Crippen LogP contribution in [0.15, 0.2) is 36.5 Å². The van der Waals surface area contributed by atoms with Crippen molar-refractivity contribution in [2.75, 3.05) is 0 Å². The third kappa shape index (κ3) is 2.26. The number of rotatable bonds is 3. The normalized spacial score (nSPS) is 9.85. The van der Waals surface area contributed by atoms with Crippen LogP contribution in [0.25, 0.3) is 0 Å². The van der Waals surface area contributed by atoms with Crippen molar-refractivity contribution >= 4 is 11.5 Å². The molecule has 0 saturated heterocycles. The second kappa shape index (κ2) is 4.00. The van der Waals surface area contributed by atoms with Crippen LogP contribution in [0.3, 0.4) is 0 Å². The Morgan fingerprint density at radius 1 is 1.23 bits per heavy atom. The van der Waals surface area contributed by atoms with E-state index in [9.17, 15) is 0 Å². The lowest BCUT2D eigenvalue weighted by Crippen LogP contribution is -1.92. The van der Waals surface area contributed by atoms with Crippen molar-refractivity contribution < 1.29 is 4.74 Å². The number of hydrogen-bond acceptors (Lipinski definition) is 4. The second-order valence-corrected chi connectivity index (χ2v) is 3.26. The number of nitrogens with zero attached hydrogens (tertiary/aromatic N) is 2. The molecule has 0 N–H and O–H groups in total. The van der Waals surface area contributed by atoms with Crippen molar-refractivity contribution in [3.8, 4) is 5.06 Å². The predicted molar refractivity (Wildman–Crippen MR) is 50.7 cm³/mol. The molecule has 0 aliphatic rings. The van der Waals surface area contributed by atoms with Gasteiger partial charge in [0.15, 0.2) is 0 Å². The molecule has 0 radical (unpaired) electrons. The van der Waals surface area contributed by atoms with Gasteiger partial charge in [-0.3, -0.25) is 0 Å². The van der Waals surface area contributed by atoms with Gasteiger partial charge < -0.3 is 4.74 Å². The van der Waals surface area contributed by atoms with E-state index in [4.69, 9.17) is 4.74 Å². The minimum Gasteiger partial charge on any atom is -0.477 e. The summed E-state index contributed by atoms with van der Waals surface area (Å²) >= 11 is 1.26. The first kappa shape index (κ1) is 8.19. The zero-order chi connectivity index (χ0) is 8.93. The number of benzene rings is 1. The summed E-state index contributed by atoms with van der Waals surface area (Å²) in [4.78, 5) is 0. The van der Waals surface area contributed by atoms with Crippen LogP contribution in [0.1, 0.15) is 5.56 Å². The molecule has 1 heterocycles. The van der Waals surface area contributed by atoms with Gasteiger partial charge >= 0.3 is 0 Å². The van der Waals surface area contributed by atoms with Gasteiger partial charge in [-0.05, 0) is 5.56 Å². The molecule has 0 aliphatic carbocycles. The smallest absolute Gasteiger partial charge is 0.214 e. The van der Waals surface area contributed by atoms with Gasteiger partial charge in [0.1, 0.15) is 12.8 Å². The van der Waals surface area contributed by atoms with E-state index in [2.05, 4.69) is 9.59 Å². The molecule has 66 valence electrons. The summed E-state index contributed by atoms with van der Waals surface area (Å²) < 4.78 is 9.13. The molecule has 0 atom stereocenters. The van der Waals surface area contributed by atoms with Gasteiger partial charge in [0, 0.05) is 11.5 Å². The summed E-state index contributed by atoms with van der Waals surface area (Å²) in [5.41, 5.74) is 1.15. The Kier molecular flexibility index (Phi) is 2.52. The predicted octanol–water partition coefficient (Wildman–Crippen LogP) is 2.12. The van der Waals surface area contributed by atoms with Gasteiger partial charge in [-0.25, -0.2) is 0 Å². The van der Waals surface area contributed by atoms with Crippen molar-refractivity contribution in [2.24, 2.45) is 0 Å². The quantitative estimate of drug-likeness (QED) is 0.747. The first-order valence-corrected chi connectivity index (χ1v) is 4.66. The van der Waals surface area contributed by atoms with Gasteiger partial charge in [-0.1, -0.05) is 34.8 Å². The van der Waals surface area contributed by atoms with Gasteiger partial charge in [-0.15, -0.1) is 5.10 Å². The molecular weight excluding hydrogens is 184 g/mol. The minimum absolute atomic E-state index is 0.574. The number of aromatic nitrogens is 2. The summed E-state index contributed by atoms with van der Waals surface area (Å²) in [6, 6.07) is 10.0. The molecule has 0 fully saturated rings. The lowest BCUT2D eigenvalue weighted by molar-refractivity contribution is 0.315. The highest BCUT2D eigenvalue weighted by Gasteiger charge is 1.96. The summed E-state index contributed by atoms with van der Waals surface area (Å²) in [5, 5.41) is 4.43. The van der Waals surface area contributed by atoms with Crippen LogP contribution in [0, 0.1) is 0 Å². The molecule has 0 aliphatic heterocycles. The molecule has 0 unspecified atom stereocenters. The topological polar surface area (TPSA) is 35.0 Å². The maximum Gasteiger partial charge on any atom is 0.214 e. The van der Waals surface area contributed by atoms with E-state index in [1.165, 1.54) is 11.5 Å². The third-order valence-electron chi connectivity index (χ3n) is 1.57.